The van der Waals surface area contributed by atoms with Gasteiger partial charge in [-0.15, -0.1) is 0 Å². The first-order chi connectivity index (χ1) is 12.5. The van der Waals surface area contributed by atoms with Crippen molar-refractivity contribution in [2.75, 3.05) is 31.6 Å². The Bertz CT molecular complexity index is 993. The summed E-state index contributed by atoms with van der Waals surface area (Å²) < 4.78 is 22.4. The number of hydrogen-bond donors (Lipinski definition) is 2. The van der Waals surface area contributed by atoms with Crippen molar-refractivity contribution in [3.8, 4) is 5.75 Å². The zero-order valence-corrected chi connectivity index (χ0v) is 15.0. The number of fused-ring (bicyclic) bond motifs is 1. The van der Waals surface area contributed by atoms with E-state index in [2.05, 4.69) is 4.98 Å². The van der Waals surface area contributed by atoms with E-state index < -0.39 is 17.1 Å². The number of nitrogens with zero attached hydrogens (tertiary/aromatic N) is 2. The number of rotatable bonds is 4. The molecule has 1 aliphatic carbocycles. The molecule has 0 bridgehead atoms. The zero-order valence-electron chi connectivity index (χ0n) is 15.0. The van der Waals surface area contributed by atoms with E-state index in [-0.39, 0.29) is 22.7 Å². The first-order valence-electron chi connectivity index (χ1n) is 8.97. The van der Waals surface area contributed by atoms with Gasteiger partial charge in [0.25, 0.3) is 5.56 Å². The van der Waals surface area contributed by atoms with E-state index in [9.17, 15) is 9.59 Å². The molecule has 3 N–H and O–H groups in total. The minimum Gasteiger partial charge on any atom is -0.492 e. The van der Waals surface area contributed by atoms with Crippen molar-refractivity contribution in [1.29, 1.82) is 0 Å². The standard InChI is InChI=1S/C18H23FN4O3/c1-9-12-14(23(11-3-4-11)18(25)21-17(12)24)16(26-2)15(13(9)19)22-6-5-10(7-20)8-22/h10-11H,3-8,20H2,1-2H3,(H,21,24,25). The molecule has 26 heavy (non-hydrogen) atoms. The predicted molar refractivity (Wildman–Crippen MR) is 97.7 cm³/mol. The van der Waals surface area contributed by atoms with E-state index in [1.165, 1.54) is 7.11 Å². The minimum atomic E-state index is -0.579. The van der Waals surface area contributed by atoms with Gasteiger partial charge in [-0.2, -0.15) is 0 Å². The normalized spacial score (nSPS) is 20.2. The molecule has 1 atom stereocenters. The fraction of sp³-hybridized carbons (Fsp3) is 0.556. The van der Waals surface area contributed by atoms with Gasteiger partial charge in [0, 0.05) is 24.7 Å². The average molecular weight is 362 g/mol. The molecule has 1 aliphatic heterocycles. The molecule has 0 spiro atoms. The zero-order chi connectivity index (χ0) is 18.6. The Morgan fingerprint density at radius 2 is 2.04 bits per heavy atom. The summed E-state index contributed by atoms with van der Waals surface area (Å²) in [6, 6.07) is 0.0174. The SMILES string of the molecule is COc1c(N2CCC(CN)C2)c(F)c(C)c2c(=O)[nH]c(=O)n(C3CC3)c12. The summed E-state index contributed by atoms with van der Waals surface area (Å²) in [7, 11) is 1.45. The van der Waals surface area contributed by atoms with Gasteiger partial charge in [-0.25, -0.2) is 9.18 Å². The highest BCUT2D eigenvalue weighted by atomic mass is 19.1. The monoisotopic (exact) mass is 362 g/mol. The smallest absolute Gasteiger partial charge is 0.329 e. The highest BCUT2D eigenvalue weighted by Gasteiger charge is 2.34. The molecule has 140 valence electrons. The van der Waals surface area contributed by atoms with Crippen LogP contribution >= 0.6 is 0 Å². The maximum Gasteiger partial charge on any atom is 0.329 e. The van der Waals surface area contributed by atoms with Crippen molar-refractivity contribution in [3.05, 3.63) is 32.2 Å². The number of halogens is 1. The molecule has 1 aromatic carbocycles. The summed E-state index contributed by atoms with van der Waals surface area (Å²) in [4.78, 5) is 29.1. The minimum absolute atomic E-state index is 0.0174. The lowest BCUT2D eigenvalue weighted by Gasteiger charge is -2.25. The number of hydrogen-bond acceptors (Lipinski definition) is 5. The van der Waals surface area contributed by atoms with Crippen molar-refractivity contribution in [3.63, 3.8) is 0 Å². The summed E-state index contributed by atoms with van der Waals surface area (Å²) in [5.41, 5.74) is 5.68. The molecule has 2 fully saturated rings. The summed E-state index contributed by atoms with van der Waals surface area (Å²) in [5, 5.41) is 0.184. The molecule has 1 unspecified atom stereocenters. The molecular formula is C18H23FN4O3. The Balaban J connectivity index is 2.07. The number of H-pyrrole nitrogens is 1. The van der Waals surface area contributed by atoms with E-state index in [1.54, 1.807) is 11.5 Å². The molecule has 8 heteroatoms. The molecule has 1 saturated heterocycles. The van der Waals surface area contributed by atoms with Crippen molar-refractivity contribution < 1.29 is 9.13 Å². The molecule has 4 rings (SSSR count). The number of nitrogens with two attached hydrogens (primary N) is 1. The molecule has 1 aromatic heterocycles. The Morgan fingerprint density at radius 3 is 2.62 bits per heavy atom. The average Bonchev–Trinajstić information content (AvgIpc) is 3.33. The van der Waals surface area contributed by atoms with Gasteiger partial charge in [0.05, 0.1) is 12.5 Å². The largest absolute Gasteiger partial charge is 0.492 e. The third-order valence-corrected chi connectivity index (χ3v) is 5.54. The van der Waals surface area contributed by atoms with Crippen molar-refractivity contribution in [1.82, 2.24) is 9.55 Å². The number of aromatic amines is 1. The maximum absolute atomic E-state index is 15.3. The van der Waals surface area contributed by atoms with Gasteiger partial charge in [-0.3, -0.25) is 14.3 Å². The summed E-state index contributed by atoms with van der Waals surface area (Å²) in [5.74, 6) is 0.0781. The summed E-state index contributed by atoms with van der Waals surface area (Å²) >= 11 is 0. The van der Waals surface area contributed by atoms with Crippen LogP contribution in [0.2, 0.25) is 0 Å². The van der Waals surface area contributed by atoms with E-state index in [1.807, 2.05) is 4.90 Å². The van der Waals surface area contributed by atoms with Gasteiger partial charge in [-0.1, -0.05) is 0 Å². The van der Waals surface area contributed by atoms with Crippen LogP contribution < -0.4 is 26.6 Å². The Kier molecular flexibility index (Phi) is 4.02. The van der Waals surface area contributed by atoms with Crippen LogP contribution in [0.1, 0.15) is 30.9 Å². The van der Waals surface area contributed by atoms with E-state index in [4.69, 9.17) is 10.5 Å². The molecular weight excluding hydrogens is 339 g/mol. The van der Waals surface area contributed by atoms with Crippen LogP contribution in [0.3, 0.4) is 0 Å². The number of methoxy groups -OCH3 is 1. The lowest BCUT2D eigenvalue weighted by atomic mass is 10.1. The fourth-order valence-electron chi connectivity index (χ4n) is 4.00. The van der Waals surface area contributed by atoms with E-state index in [0.717, 1.165) is 19.3 Å². The van der Waals surface area contributed by atoms with Gasteiger partial charge in [0.15, 0.2) is 11.6 Å². The highest BCUT2D eigenvalue weighted by Crippen LogP contribution is 2.44. The summed E-state index contributed by atoms with van der Waals surface area (Å²) in [6.07, 6.45) is 2.59. The highest BCUT2D eigenvalue weighted by molar-refractivity contribution is 5.93. The molecule has 7 nitrogen and oxygen atoms in total. The molecule has 2 aliphatic rings. The third-order valence-electron chi connectivity index (χ3n) is 5.54. The quantitative estimate of drug-likeness (QED) is 0.854. The topological polar surface area (TPSA) is 93.3 Å². The van der Waals surface area contributed by atoms with Gasteiger partial charge in [-0.05, 0) is 38.6 Å². The summed E-state index contributed by atoms with van der Waals surface area (Å²) in [6.45, 7) is 3.41. The van der Waals surface area contributed by atoms with Crippen LogP contribution in [-0.4, -0.2) is 36.3 Å². The van der Waals surface area contributed by atoms with Crippen LogP contribution in [0.25, 0.3) is 10.9 Å². The van der Waals surface area contributed by atoms with Crippen LogP contribution in [-0.2, 0) is 0 Å². The lowest BCUT2D eigenvalue weighted by Crippen LogP contribution is -2.32. The fourth-order valence-corrected chi connectivity index (χ4v) is 4.00. The number of aromatic nitrogens is 2. The van der Waals surface area contributed by atoms with Crippen LogP contribution in [0.4, 0.5) is 10.1 Å². The molecule has 2 aromatic rings. The Labute approximate surface area is 149 Å². The van der Waals surface area contributed by atoms with E-state index in [0.29, 0.717) is 36.8 Å². The predicted octanol–water partition coefficient (Wildman–Crippen LogP) is 1.27. The van der Waals surface area contributed by atoms with Crippen LogP contribution in [0, 0.1) is 18.7 Å². The van der Waals surface area contributed by atoms with Crippen molar-refractivity contribution in [2.45, 2.75) is 32.2 Å². The maximum atomic E-state index is 15.3. The number of nitrogens with one attached hydrogen (secondary N) is 1. The second kappa shape index (κ2) is 6.12. The van der Waals surface area contributed by atoms with Crippen LogP contribution in [0.5, 0.6) is 5.75 Å². The second-order valence-electron chi connectivity index (χ2n) is 7.24. The van der Waals surface area contributed by atoms with Gasteiger partial charge in [0.1, 0.15) is 11.2 Å². The number of aryl methyl sites for hydroxylation is 1. The molecule has 1 saturated carbocycles. The van der Waals surface area contributed by atoms with Crippen molar-refractivity contribution >= 4 is 16.6 Å². The third kappa shape index (κ3) is 2.43. The first-order valence-corrected chi connectivity index (χ1v) is 8.97. The molecule has 0 radical (unpaired) electrons. The molecule has 0 amide bonds. The first kappa shape index (κ1) is 17.1. The van der Waals surface area contributed by atoms with Gasteiger partial charge in [0.2, 0.25) is 0 Å². The van der Waals surface area contributed by atoms with Crippen molar-refractivity contribution in [2.24, 2.45) is 11.7 Å². The van der Waals surface area contributed by atoms with Gasteiger partial charge >= 0.3 is 5.69 Å². The number of ether oxygens (including phenoxy) is 1. The molecule has 2 heterocycles. The lowest BCUT2D eigenvalue weighted by molar-refractivity contribution is 0.412. The Morgan fingerprint density at radius 1 is 1.31 bits per heavy atom. The van der Waals surface area contributed by atoms with Gasteiger partial charge < -0.3 is 15.4 Å². The second-order valence-corrected chi connectivity index (χ2v) is 7.24. The number of benzene rings is 1. The Hall–Kier alpha value is -2.35. The van der Waals surface area contributed by atoms with Crippen LogP contribution in [0.15, 0.2) is 9.59 Å². The number of anilines is 1. The van der Waals surface area contributed by atoms with E-state index >= 15 is 4.39 Å².